The molecule has 0 bridgehead atoms. The molecule has 0 spiro atoms. The molecule has 1 aliphatic rings. The number of ether oxygens (including phenoxy) is 4. The Balaban J connectivity index is 2.58. The molecule has 0 saturated heterocycles. The Bertz CT molecular complexity index is 277. The maximum atomic E-state index is 5.79. The molecule has 1 rings (SSSR count). The van der Waals surface area contributed by atoms with Gasteiger partial charge in [0.05, 0.1) is 32.6 Å². The summed E-state index contributed by atoms with van der Waals surface area (Å²) in [5.74, 6) is 0. The van der Waals surface area contributed by atoms with Crippen LogP contribution in [0.3, 0.4) is 0 Å². The van der Waals surface area contributed by atoms with Gasteiger partial charge < -0.3 is 18.9 Å². The molecule has 2 unspecified atom stereocenters. The third-order valence-corrected chi connectivity index (χ3v) is 3.23. The number of aliphatic imine (C=N–C) groups is 1. The van der Waals surface area contributed by atoms with Gasteiger partial charge >= 0.3 is 0 Å². The minimum absolute atomic E-state index is 0.0878. The van der Waals surface area contributed by atoms with Crippen LogP contribution >= 0.6 is 0 Å². The molecule has 0 aromatic heterocycles. The fourth-order valence-corrected chi connectivity index (χ4v) is 1.93. The largest absolute Gasteiger partial charge is 0.382 e. The summed E-state index contributed by atoms with van der Waals surface area (Å²) < 4.78 is 22.0. The van der Waals surface area contributed by atoms with Crippen LogP contribution in [0.15, 0.2) is 17.4 Å². The average Bonchev–Trinajstić information content (AvgIpc) is 2.89. The normalized spacial score (nSPS) is 24.8. The summed E-state index contributed by atoms with van der Waals surface area (Å²) in [6.45, 7) is 6.25. The predicted octanol–water partition coefficient (Wildman–Crippen LogP) is 1.33. The molecule has 0 saturated carbocycles. The lowest BCUT2D eigenvalue weighted by molar-refractivity contribution is -0.881. The van der Waals surface area contributed by atoms with Crippen molar-refractivity contribution >= 4 is 6.34 Å². The number of hydrogen-bond acceptors (Lipinski definition) is 5. The summed E-state index contributed by atoms with van der Waals surface area (Å²) in [7, 11) is 3.32. The summed E-state index contributed by atoms with van der Waals surface area (Å²) in [5.41, 5.74) is 0. The third kappa shape index (κ3) is 4.36. The van der Waals surface area contributed by atoms with E-state index in [2.05, 4.69) is 4.99 Å². The van der Waals surface area contributed by atoms with Gasteiger partial charge in [-0.05, 0) is 0 Å². The van der Waals surface area contributed by atoms with Crippen molar-refractivity contribution in [2.24, 2.45) is 4.99 Å². The van der Waals surface area contributed by atoms with Crippen LogP contribution in [0, 0.1) is 0 Å². The van der Waals surface area contributed by atoms with Gasteiger partial charge in [-0.25, -0.2) is 9.48 Å². The van der Waals surface area contributed by atoms with Gasteiger partial charge in [0.2, 0.25) is 12.5 Å². The van der Waals surface area contributed by atoms with E-state index < -0.39 is 0 Å². The van der Waals surface area contributed by atoms with Crippen molar-refractivity contribution in [1.82, 2.24) is 0 Å². The summed E-state index contributed by atoms with van der Waals surface area (Å²) in [6.07, 6.45) is 5.42. The zero-order chi connectivity index (χ0) is 14.1. The average molecular weight is 273 g/mol. The zero-order valence-electron chi connectivity index (χ0n) is 12.2. The van der Waals surface area contributed by atoms with Crippen molar-refractivity contribution < 1.29 is 23.4 Å². The SMILES string of the molecule is COCCOC(C)[N+]1(C(C)OCCOC)C=CN=C1. The first-order chi connectivity index (χ1) is 9.17. The monoisotopic (exact) mass is 273 g/mol. The Morgan fingerprint density at radius 1 is 0.947 bits per heavy atom. The Hall–Kier alpha value is -0.790. The summed E-state index contributed by atoms with van der Waals surface area (Å²) >= 11 is 0. The van der Waals surface area contributed by atoms with E-state index >= 15 is 0 Å². The maximum absolute atomic E-state index is 5.79. The van der Waals surface area contributed by atoms with E-state index in [4.69, 9.17) is 18.9 Å². The van der Waals surface area contributed by atoms with Gasteiger partial charge in [-0.3, -0.25) is 0 Å². The quantitative estimate of drug-likeness (QED) is 0.445. The zero-order valence-corrected chi connectivity index (χ0v) is 12.2. The maximum Gasteiger partial charge on any atom is 0.202 e. The Morgan fingerprint density at radius 3 is 1.84 bits per heavy atom. The first kappa shape index (κ1) is 16.3. The number of rotatable bonds is 10. The van der Waals surface area contributed by atoms with Crippen LogP contribution in [0.4, 0.5) is 0 Å². The van der Waals surface area contributed by atoms with Crippen molar-refractivity contribution in [2.75, 3.05) is 40.6 Å². The highest BCUT2D eigenvalue weighted by atomic mass is 16.6. The van der Waals surface area contributed by atoms with Gasteiger partial charge in [0, 0.05) is 28.1 Å². The van der Waals surface area contributed by atoms with Crippen molar-refractivity contribution in [1.29, 1.82) is 0 Å². The summed E-state index contributed by atoms with van der Waals surface area (Å²) in [4.78, 5) is 4.18. The van der Waals surface area contributed by atoms with Crippen LogP contribution in [0.5, 0.6) is 0 Å². The molecule has 1 heterocycles. The van der Waals surface area contributed by atoms with Crippen LogP contribution in [0.2, 0.25) is 0 Å². The minimum Gasteiger partial charge on any atom is -0.382 e. The minimum atomic E-state index is -0.0878. The Labute approximate surface area is 115 Å². The van der Waals surface area contributed by atoms with E-state index in [0.717, 1.165) is 0 Å². The number of hydrogen-bond donors (Lipinski definition) is 0. The molecule has 6 heteroatoms. The topological polar surface area (TPSA) is 49.3 Å². The Morgan fingerprint density at radius 2 is 1.47 bits per heavy atom. The third-order valence-electron chi connectivity index (χ3n) is 3.23. The van der Waals surface area contributed by atoms with Gasteiger partial charge in [0.1, 0.15) is 6.20 Å². The highest BCUT2D eigenvalue weighted by Crippen LogP contribution is 2.23. The number of quaternary nitrogens is 1. The lowest BCUT2D eigenvalue weighted by Gasteiger charge is -2.37. The lowest BCUT2D eigenvalue weighted by Crippen LogP contribution is -2.56. The molecule has 0 amide bonds. The molecule has 0 aromatic carbocycles. The van der Waals surface area contributed by atoms with Crippen molar-refractivity contribution in [2.45, 2.75) is 26.3 Å². The summed E-state index contributed by atoms with van der Waals surface area (Å²) in [6, 6.07) is 0. The van der Waals surface area contributed by atoms with Crippen LogP contribution in [-0.2, 0) is 18.9 Å². The van der Waals surface area contributed by atoms with E-state index in [0.29, 0.717) is 30.9 Å². The highest BCUT2D eigenvalue weighted by Gasteiger charge is 2.40. The molecule has 6 nitrogen and oxygen atoms in total. The smallest absolute Gasteiger partial charge is 0.202 e. The molecule has 0 fully saturated rings. The second-order valence-electron chi connectivity index (χ2n) is 4.38. The molecule has 19 heavy (non-hydrogen) atoms. The molecule has 1 aliphatic heterocycles. The molecule has 0 N–H and O–H groups in total. The molecular formula is C13H25N2O4+. The molecule has 0 aromatic rings. The molecule has 0 aliphatic carbocycles. The van der Waals surface area contributed by atoms with Gasteiger partial charge in [-0.15, -0.1) is 0 Å². The molecule has 2 atom stereocenters. The Kier molecular flexibility index (Phi) is 7.19. The first-order valence-corrected chi connectivity index (χ1v) is 6.48. The van der Waals surface area contributed by atoms with E-state index in [-0.39, 0.29) is 12.5 Å². The second-order valence-corrected chi connectivity index (χ2v) is 4.38. The van der Waals surface area contributed by atoms with Crippen LogP contribution < -0.4 is 0 Å². The fourth-order valence-electron chi connectivity index (χ4n) is 1.93. The van der Waals surface area contributed by atoms with E-state index in [9.17, 15) is 0 Å². The van der Waals surface area contributed by atoms with Crippen molar-refractivity contribution in [3.8, 4) is 0 Å². The van der Waals surface area contributed by atoms with E-state index in [1.165, 1.54) is 0 Å². The van der Waals surface area contributed by atoms with Crippen LogP contribution in [-0.4, -0.2) is 63.9 Å². The molecule has 0 radical (unpaired) electrons. The van der Waals surface area contributed by atoms with E-state index in [1.807, 2.05) is 26.4 Å². The molecule has 110 valence electrons. The van der Waals surface area contributed by atoms with Crippen molar-refractivity contribution in [3.05, 3.63) is 12.4 Å². The van der Waals surface area contributed by atoms with Gasteiger partial charge in [0.15, 0.2) is 6.34 Å². The van der Waals surface area contributed by atoms with Gasteiger partial charge in [0.25, 0.3) is 0 Å². The number of methoxy groups -OCH3 is 2. The first-order valence-electron chi connectivity index (χ1n) is 6.48. The highest BCUT2D eigenvalue weighted by molar-refractivity contribution is 5.51. The predicted molar refractivity (Wildman–Crippen MR) is 72.5 cm³/mol. The standard InChI is InChI=1S/C13H25N2O4/c1-12(18-9-7-16-3)15(6-5-14-11-15)13(2)19-10-8-17-4/h5-6,11-13H,7-10H2,1-4H3/q+1. The van der Waals surface area contributed by atoms with Crippen LogP contribution in [0.25, 0.3) is 0 Å². The van der Waals surface area contributed by atoms with Crippen LogP contribution in [0.1, 0.15) is 13.8 Å². The molecular weight excluding hydrogens is 248 g/mol. The summed E-state index contributed by atoms with van der Waals surface area (Å²) in [5, 5.41) is 0. The van der Waals surface area contributed by atoms with Crippen molar-refractivity contribution in [3.63, 3.8) is 0 Å². The number of nitrogens with zero attached hydrogens (tertiary/aromatic N) is 2. The van der Waals surface area contributed by atoms with Gasteiger partial charge in [-0.1, -0.05) is 0 Å². The van der Waals surface area contributed by atoms with Gasteiger partial charge in [-0.2, -0.15) is 0 Å². The lowest BCUT2D eigenvalue weighted by atomic mass is 10.3. The fraction of sp³-hybridized carbons (Fsp3) is 0.769. The van der Waals surface area contributed by atoms with E-state index in [1.54, 1.807) is 20.4 Å². The second kappa shape index (κ2) is 8.39.